The quantitative estimate of drug-likeness (QED) is 0.337. The minimum atomic E-state index is -0.397. The zero-order valence-electron chi connectivity index (χ0n) is 22.5. The van der Waals surface area contributed by atoms with Gasteiger partial charge in [-0.05, 0) is 31.6 Å². The summed E-state index contributed by atoms with van der Waals surface area (Å²) in [5.41, 5.74) is 1.13. The molecule has 3 N–H and O–H groups in total. The summed E-state index contributed by atoms with van der Waals surface area (Å²) in [6, 6.07) is 1.87. The van der Waals surface area contributed by atoms with E-state index in [9.17, 15) is 4.79 Å². The molecule has 0 unspecified atom stereocenters. The highest BCUT2D eigenvalue weighted by Gasteiger charge is 2.55. The predicted octanol–water partition coefficient (Wildman–Crippen LogP) is 1.38. The van der Waals surface area contributed by atoms with Gasteiger partial charge in [-0.3, -0.25) is 19.8 Å². The molecule has 0 aromatic carbocycles. The van der Waals surface area contributed by atoms with Crippen LogP contribution in [0.4, 0.5) is 29.5 Å². The van der Waals surface area contributed by atoms with E-state index < -0.39 is 6.04 Å². The number of carbonyl (C=O) groups is 1. The van der Waals surface area contributed by atoms with Crippen LogP contribution in [0.25, 0.3) is 0 Å². The molecule has 2 saturated carbocycles. The molecule has 14 heteroatoms. The molecule has 210 valence electrons. The first kappa shape index (κ1) is 25.1. The van der Waals surface area contributed by atoms with Gasteiger partial charge < -0.3 is 25.2 Å². The fraction of sp³-hybridized carbons (Fsp3) is 0.577. The van der Waals surface area contributed by atoms with Gasteiger partial charge in [0.1, 0.15) is 6.04 Å². The number of hydrogen-bond acceptors (Lipinski definition) is 12. The maximum absolute atomic E-state index is 13.4. The van der Waals surface area contributed by atoms with E-state index in [4.69, 9.17) is 19.7 Å². The van der Waals surface area contributed by atoms with Crippen LogP contribution in [0.1, 0.15) is 37.3 Å². The average molecular weight is 547 g/mol. The molecular weight excluding hydrogens is 512 g/mol. The highest BCUT2D eigenvalue weighted by molar-refractivity contribution is 5.96. The van der Waals surface area contributed by atoms with Crippen LogP contribution in [-0.4, -0.2) is 104 Å². The first-order chi connectivity index (χ1) is 19.6. The van der Waals surface area contributed by atoms with Crippen molar-refractivity contribution in [1.82, 2.24) is 40.0 Å². The van der Waals surface area contributed by atoms with E-state index >= 15 is 0 Å². The zero-order chi connectivity index (χ0) is 27.1. The number of carbonyl (C=O) groups excluding carboxylic acids is 1. The number of piperazine rings is 1. The topological polar surface area (TPSA) is 153 Å². The largest absolute Gasteiger partial charge is 0.383 e. The van der Waals surface area contributed by atoms with Crippen LogP contribution in [0.15, 0.2) is 24.7 Å². The number of nitrogens with zero attached hydrogens (tertiary/aromatic N) is 9. The second-order valence-corrected chi connectivity index (χ2v) is 11.0. The lowest BCUT2D eigenvalue weighted by Gasteiger charge is -2.35. The number of aromatic nitrogens is 7. The number of aromatic amines is 1. The summed E-state index contributed by atoms with van der Waals surface area (Å²) in [7, 11) is 1.73. The van der Waals surface area contributed by atoms with E-state index in [1.807, 2.05) is 6.07 Å². The van der Waals surface area contributed by atoms with Crippen molar-refractivity contribution in [2.45, 2.75) is 43.7 Å². The molecule has 3 aromatic rings. The van der Waals surface area contributed by atoms with E-state index in [-0.39, 0.29) is 11.9 Å². The Morgan fingerprint density at radius 2 is 1.93 bits per heavy atom. The molecule has 2 aliphatic heterocycles. The Bertz CT molecular complexity index is 1340. The molecule has 0 bridgehead atoms. The average Bonchev–Trinajstić information content (AvgIpc) is 3.90. The number of H-pyrrole nitrogens is 1. The van der Waals surface area contributed by atoms with Gasteiger partial charge in [0.2, 0.25) is 23.8 Å². The minimum absolute atomic E-state index is 0.127. The smallest absolute Gasteiger partial charge is 0.248 e. The van der Waals surface area contributed by atoms with Crippen molar-refractivity contribution in [2.75, 3.05) is 66.9 Å². The number of fused-ring (bicyclic) bond motifs is 1. The summed E-state index contributed by atoms with van der Waals surface area (Å²) in [4.78, 5) is 42.9. The summed E-state index contributed by atoms with van der Waals surface area (Å²) in [6.07, 6.45) is 8.85. The normalized spacial score (nSPS) is 24.2. The second-order valence-electron chi connectivity index (χ2n) is 11.0. The molecule has 3 atom stereocenters. The molecule has 14 nitrogen and oxygen atoms in total. The first-order valence-corrected chi connectivity index (χ1v) is 14.0. The molecule has 40 heavy (non-hydrogen) atoms. The molecule has 0 radical (unpaired) electrons. The number of methoxy groups -OCH3 is 1. The van der Waals surface area contributed by atoms with Gasteiger partial charge in [0.25, 0.3) is 0 Å². The number of amides is 1. The molecular formula is C26H34N12O2. The van der Waals surface area contributed by atoms with Crippen LogP contribution >= 0.6 is 0 Å². The van der Waals surface area contributed by atoms with E-state index in [0.717, 1.165) is 51.3 Å². The number of piperidine rings is 1. The van der Waals surface area contributed by atoms with Crippen molar-refractivity contribution in [1.29, 1.82) is 0 Å². The lowest BCUT2D eigenvalue weighted by molar-refractivity contribution is -0.117. The third-order valence-electron chi connectivity index (χ3n) is 8.19. The van der Waals surface area contributed by atoms with Gasteiger partial charge in [-0.2, -0.15) is 20.1 Å². The van der Waals surface area contributed by atoms with Crippen LogP contribution in [0.5, 0.6) is 0 Å². The van der Waals surface area contributed by atoms with Crippen LogP contribution in [0.3, 0.4) is 0 Å². The molecule has 2 saturated heterocycles. The second kappa shape index (κ2) is 10.6. The molecule has 3 aromatic heterocycles. The monoisotopic (exact) mass is 546 g/mol. The van der Waals surface area contributed by atoms with Crippen LogP contribution < -0.4 is 20.4 Å². The molecule has 0 spiro atoms. The standard InChI is InChI=1S/C26H34N12O2/c1-40-11-10-36-6-8-37(9-7-36)25-31-24(30-21-14-18(34-35-21)16-2-3-16)32-26(33-25)38-19-12-17(19)13-20(38)23(39)29-22-15-27-4-5-28-22/h4-5,14-17,19-20H,2-3,6-13H2,1H3,(H,28,29,39)(H2,30,31,32,33,34,35)/t17-,19-,20-/m0/s1. The number of anilines is 5. The Labute approximate surface area is 232 Å². The van der Waals surface area contributed by atoms with Crippen molar-refractivity contribution in [3.8, 4) is 0 Å². The number of ether oxygens (including phenoxy) is 1. The Kier molecular flexibility index (Phi) is 6.63. The van der Waals surface area contributed by atoms with E-state index in [1.54, 1.807) is 25.7 Å². The fourth-order valence-electron chi connectivity index (χ4n) is 5.73. The number of hydrogen-bond donors (Lipinski definition) is 3. The lowest BCUT2D eigenvalue weighted by atomic mass is 10.1. The SMILES string of the molecule is COCCN1CCN(c2nc(Nc3cc(C4CC4)[nH]n3)nc(N3[C@H](C(=O)Nc4cnccn4)C[C@@H]4C[C@@H]43)n2)CC1. The Hall–Kier alpha value is -3.91. The van der Waals surface area contributed by atoms with E-state index in [1.165, 1.54) is 12.8 Å². The van der Waals surface area contributed by atoms with Gasteiger partial charge in [0.15, 0.2) is 11.6 Å². The third-order valence-corrected chi connectivity index (χ3v) is 8.19. The van der Waals surface area contributed by atoms with Crippen molar-refractivity contribution >= 4 is 35.4 Å². The highest BCUT2D eigenvalue weighted by Crippen LogP contribution is 2.49. The molecule has 4 fully saturated rings. The predicted molar refractivity (Wildman–Crippen MR) is 148 cm³/mol. The third kappa shape index (κ3) is 5.28. The molecule has 5 heterocycles. The fourth-order valence-corrected chi connectivity index (χ4v) is 5.73. The zero-order valence-corrected chi connectivity index (χ0v) is 22.5. The first-order valence-electron chi connectivity index (χ1n) is 14.0. The summed E-state index contributed by atoms with van der Waals surface area (Å²) in [6.45, 7) is 5.00. The molecule has 7 rings (SSSR count). The molecule has 1 amide bonds. The van der Waals surface area contributed by atoms with Gasteiger partial charge in [-0.15, -0.1) is 0 Å². The van der Waals surface area contributed by atoms with Crippen molar-refractivity contribution in [3.63, 3.8) is 0 Å². The van der Waals surface area contributed by atoms with Gasteiger partial charge in [0.05, 0.1) is 12.8 Å². The van der Waals surface area contributed by atoms with Gasteiger partial charge in [-0.25, -0.2) is 4.98 Å². The lowest BCUT2D eigenvalue weighted by Crippen LogP contribution is -2.48. The van der Waals surface area contributed by atoms with Crippen LogP contribution in [0.2, 0.25) is 0 Å². The minimum Gasteiger partial charge on any atom is -0.383 e. The number of nitrogens with one attached hydrogen (secondary N) is 3. The van der Waals surface area contributed by atoms with Crippen LogP contribution in [0, 0.1) is 5.92 Å². The Morgan fingerprint density at radius 3 is 2.70 bits per heavy atom. The van der Waals surface area contributed by atoms with Crippen molar-refractivity contribution in [2.24, 2.45) is 5.92 Å². The van der Waals surface area contributed by atoms with Crippen LogP contribution in [-0.2, 0) is 9.53 Å². The van der Waals surface area contributed by atoms with Gasteiger partial charge >= 0.3 is 0 Å². The van der Waals surface area contributed by atoms with Crippen molar-refractivity contribution in [3.05, 3.63) is 30.4 Å². The van der Waals surface area contributed by atoms with Gasteiger partial charge in [-0.1, -0.05) is 0 Å². The van der Waals surface area contributed by atoms with E-state index in [0.29, 0.717) is 47.9 Å². The van der Waals surface area contributed by atoms with Gasteiger partial charge in [0, 0.05) is 75.9 Å². The summed E-state index contributed by atoms with van der Waals surface area (Å²) >= 11 is 0. The molecule has 4 aliphatic rings. The maximum atomic E-state index is 13.4. The molecule has 2 aliphatic carbocycles. The Morgan fingerprint density at radius 1 is 1.07 bits per heavy atom. The summed E-state index contributed by atoms with van der Waals surface area (Å²) < 4.78 is 5.25. The summed E-state index contributed by atoms with van der Waals surface area (Å²) in [5.74, 6) is 3.54. The van der Waals surface area contributed by atoms with Crippen molar-refractivity contribution < 1.29 is 9.53 Å². The number of rotatable bonds is 10. The van der Waals surface area contributed by atoms with E-state index in [2.05, 4.69) is 45.5 Å². The maximum Gasteiger partial charge on any atom is 0.248 e. The Balaban J connectivity index is 1.16. The highest BCUT2D eigenvalue weighted by atomic mass is 16.5. The summed E-state index contributed by atoms with van der Waals surface area (Å²) in [5, 5.41) is 13.8.